The highest BCUT2D eigenvalue weighted by Gasteiger charge is 2.49. The van der Waals surface area contributed by atoms with Crippen LogP contribution in [0.1, 0.15) is 44.7 Å². The zero-order valence-electron chi connectivity index (χ0n) is 14.2. The molecule has 2 aromatic rings. The van der Waals surface area contributed by atoms with Crippen LogP contribution in [0.2, 0.25) is 0 Å². The SMILES string of the molecule is CC1(C)Oc2ccc3ccc(=O)oc3c2[C@H]([NH+]2CCCCC2)[C@@H]1O. The minimum atomic E-state index is -0.676. The first-order valence-electron chi connectivity index (χ1n) is 8.76. The van der Waals surface area contributed by atoms with Crippen molar-refractivity contribution in [3.8, 4) is 5.75 Å². The molecule has 2 aliphatic rings. The predicted octanol–water partition coefficient (Wildman–Crippen LogP) is 1.43. The van der Waals surface area contributed by atoms with Crippen molar-refractivity contribution in [2.45, 2.75) is 50.9 Å². The van der Waals surface area contributed by atoms with Crippen LogP contribution in [-0.2, 0) is 0 Å². The largest absolute Gasteiger partial charge is 0.484 e. The summed E-state index contributed by atoms with van der Waals surface area (Å²) in [6, 6.07) is 6.91. The van der Waals surface area contributed by atoms with Gasteiger partial charge in [0.25, 0.3) is 0 Å². The predicted molar refractivity (Wildman–Crippen MR) is 90.5 cm³/mol. The summed E-state index contributed by atoms with van der Waals surface area (Å²) in [5.41, 5.74) is 0.347. The molecule has 1 aromatic heterocycles. The lowest BCUT2D eigenvalue weighted by atomic mass is 9.84. The molecule has 0 bridgehead atoms. The quantitative estimate of drug-likeness (QED) is 0.777. The number of aliphatic hydroxyl groups excluding tert-OH is 1. The number of piperidine rings is 1. The Kier molecular flexibility index (Phi) is 3.66. The van der Waals surface area contributed by atoms with E-state index < -0.39 is 11.7 Å². The van der Waals surface area contributed by atoms with E-state index in [1.807, 2.05) is 26.0 Å². The van der Waals surface area contributed by atoms with E-state index >= 15 is 0 Å². The molecule has 0 spiro atoms. The topological polar surface area (TPSA) is 64.1 Å². The third-order valence-corrected chi connectivity index (χ3v) is 5.44. The number of hydrogen-bond donors (Lipinski definition) is 2. The van der Waals surface area contributed by atoms with Crippen LogP contribution in [0, 0.1) is 0 Å². The van der Waals surface area contributed by atoms with Gasteiger partial charge in [0.1, 0.15) is 17.5 Å². The lowest BCUT2D eigenvalue weighted by Crippen LogP contribution is -3.14. The van der Waals surface area contributed by atoms with Gasteiger partial charge in [-0.1, -0.05) is 0 Å². The van der Waals surface area contributed by atoms with E-state index in [-0.39, 0.29) is 11.7 Å². The number of aliphatic hydroxyl groups is 1. The average molecular weight is 330 g/mol. The smallest absolute Gasteiger partial charge is 0.336 e. The van der Waals surface area contributed by atoms with Crippen LogP contribution in [0.4, 0.5) is 0 Å². The lowest BCUT2D eigenvalue weighted by Gasteiger charge is -2.45. The Morgan fingerprint density at radius 3 is 2.58 bits per heavy atom. The van der Waals surface area contributed by atoms with Crippen molar-refractivity contribution in [2.24, 2.45) is 0 Å². The molecule has 0 aliphatic carbocycles. The summed E-state index contributed by atoms with van der Waals surface area (Å²) in [4.78, 5) is 13.1. The molecule has 1 fully saturated rings. The van der Waals surface area contributed by atoms with E-state index in [1.165, 1.54) is 17.4 Å². The normalized spacial score (nSPS) is 26.8. The molecule has 5 heteroatoms. The molecule has 0 radical (unpaired) electrons. The highest BCUT2D eigenvalue weighted by Crippen LogP contribution is 2.42. The number of rotatable bonds is 1. The first-order chi connectivity index (χ1) is 11.5. The van der Waals surface area contributed by atoms with Gasteiger partial charge in [0.2, 0.25) is 0 Å². The Labute approximate surface area is 140 Å². The van der Waals surface area contributed by atoms with Crippen molar-refractivity contribution in [1.82, 2.24) is 0 Å². The van der Waals surface area contributed by atoms with Crippen LogP contribution >= 0.6 is 0 Å². The van der Waals surface area contributed by atoms with Gasteiger partial charge in [-0.3, -0.25) is 0 Å². The molecule has 24 heavy (non-hydrogen) atoms. The number of hydrogen-bond acceptors (Lipinski definition) is 4. The maximum atomic E-state index is 11.8. The van der Waals surface area contributed by atoms with Gasteiger partial charge in [-0.25, -0.2) is 4.79 Å². The second-order valence-electron chi connectivity index (χ2n) is 7.50. The number of fused-ring (bicyclic) bond motifs is 3. The van der Waals surface area contributed by atoms with Gasteiger partial charge < -0.3 is 19.2 Å². The molecule has 128 valence electrons. The average Bonchev–Trinajstić information content (AvgIpc) is 2.56. The third-order valence-electron chi connectivity index (χ3n) is 5.44. The van der Waals surface area contributed by atoms with E-state index in [9.17, 15) is 9.90 Å². The van der Waals surface area contributed by atoms with Gasteiger partial charge in [-0.15, -0.1) is 0 Å². The summed E-state index contributed by atoms with van der Waals surface area (Å²) in [5, 5.41) is 11.9. The van der Waals surface area contributed by atoms with Gasteiger partial charge >= 0.3 is 5.63 Å². The fourth-order valence-corrected chi connectivity index (χ4v) is 4.17. The van der Waals surface area contributed by atoms with Crippen LogP contribution in [0.3, 0.4) is 0 Å². The summed E-state index contributed by atoms with van der Waals surface area (Å²) in [5.74, 6) is 0.718. The van der Waals surface area contributed by atoms with Crippen LogP contribution in [0.25, 0.3) is 11.0 Å². The van der Waals surface area contributed by atoms with Crippen molar-refractivity contribution >= 4 is 11.0 Å². The molecular formula is C19H24NO4+. The third kappa shape index (κ3) is 2.43. The summed E-state index contributed by atoms with van der Waals surface area (Å²) in [6.07, 6.45) is 2.89. The molecule has 0 amide bonds. The van der Waals surface area contributed by atoms with Crippen LogP contribution in [-0.4, -0.2) is 29.9 Å². The van der Waals surface area contributed by atoms with Gasteiger partial charge in [-0.05, 0) is 51.3 Å². The summed E-state index contributed by atoms with van der Waals surface area (Å²) in [6.45, 7) is 5.88. The summed E-state index contributed by atoms with van der Waals surface area (Å²) < 4.78 is 11.6. The molecule has 2 N–H and O–H groups in total. The summed E-state index contributed by atoms with van der Waals surface area (Å²) >= 11 is 0. The lowest BCUT2D eigenvalue weighted by molar-refractivity contribution is -0.941. The maximum Gasteiger partial charge on any atom is 0.336 e. The first-order valence-corrected chi connectivity index (χ1v) is 8.76. The molecule has 5 nitrogen and oxygen atoms in total. The van der Waals surface area contributed by atoms with Crippen LogP contribution in [0.5, 0.6) is 5.75 Å². The molecule has 0 unspecified atom stereocenters. The van der Waals surface area contributed by atoms with Crippen molar-refractivity contribution in [2.75, 3.05) is 13.1 Å². The van der Waals surface area contributed by atoms with E-state index in [4.69, 9.17) is 9.15 Å². The van der Waals surface area contributed by atoms with Gasteiger partial charge in [0.15, 0.2) is 11.6 Å². The van der Waals surface area contributed by atoms with Crippen molar-refractivity contribution < 1.29 is 19.2 Å². The molecule has 2 aliphatic heterocycles. The van der Waals surface area contributed by atoms with E-state index in [0.29, 0.717) is 5.58 Å². The second-order valence-corrected chi connectivity index (χ2v) is 7.50. The minimum Gasteiger partial charge on any atom is -0.484 e. The monoisotopic (exact) mass is 330 g/mol. The van der Waals surface area contributed by atoms with Crippen LogP contribution < -0.4 is 15.3 Å². The molecule has 2 atom stereocenters. The number of ether oxygens (including phenoxy) is 1. The molecule has 3 heterocycles. The van der Waals surface area contributed by atoms with Gasteiger partial charge in [0, 0.05) is 11.5 Å². The van der Waals surface area contributed by atoms with Gasteiger partial charge in [-0.2, -0.15) is 0 Å². The molecular weight excluding hydrogens is 306 g/mol. The number of nitrogens with one attached hydrogen (secondary N) is 1. The minimum absolute atomic E-state index is 0.140. The Hall–Kier alpha value is -1.85. The standard InChI is InChI=1S/C19H23NO4/c1-19(2)18(22)16(20-10-4-3-5-11-20)15-13(24-19)8-6-12-7-9-14(21)23-17(12)15/h6-9,16,18,22H,3-5,10-11H2,1-2H3/p+1/t16-,18-/m0/s1. The fourth-order valence-electron chi connectivity index (χ4n) is 4.17. The van der Waals surface area contributed by atoms with E-state index in [0.717, 1.165) is 42.6 Å². The number of quaternary nitrogens is 1. The number of likely N-dealkylation sites (tertiary alicyclic amines) is 1. The van der Waals surface area contributed by atoms with Crippen LogP contribution in [0.15, 0.2) is 33.5 Å². The molecule has 0 saturated carbocycles. The Bertz CT molecular complexity index is 820. The highest BCUT2D eigenvalue weighted by atomic mass is 16.5. The number of benzene rings is 1. The van der Waals surface area contributed by atoms with Crippen molar-refractivity contribution in [3.05, 3.63) is 40.2 Å². The van der Waals surface area contributed by atoms with Gasteiger partial charge in [0.05, 0.1) is 18.7 Å². The molecule has 4 rings (SSSR count). The Balaban J connectivity index is 1.95. The Morgan fingerprint density at radius 2 is 1.83 bits per heavy atom. The molecule has 1 saturated heterocycles. The second kappa shape index (κ2) is 5.60. The zero-order valence-corrected chi connectivity index (χ0v) is 14.2. The highest BCUT2D eigenvalue weighted by molar-refractivity contribution is 5.82. The zero-order chi connectivity index (χ0) is 16.9. The van der Waals surface area contributed by atoms with E-state index in [2.05, 4.69) is 0 Å². The molecule has 1 aromatic carbocycles. The summed E-state index contributed by atoms with van der Waals surface area (Å²) in [7, 11) is 0. The fraction of sp³-hybridized carbons (Fsp3) is 0.526. The maximum absolute atomic E-state index is 11.8. The van der Waals surface area contributed by atoms with Crippen molar-refractivity contribution in [3.63, 3.8) is 0 Å². The first kappa shape index (κ1) is 15.7. The van der Waals surface area contributed by atoms with Crippen molar-refractivity contribution in [1.29, 1.82) is 0 Å². The Morgan fingerprint density at radius 1 is 1.12 bits per heavy atom. The van der Waals surface area contributed by atoms with E-state index in [1.54, 1.807) is 6.07 Å².